The molecule has 0 radical (unpaired) electrons. The molecule has 0 aromatic rings. The molecule has 4 heteroatoms. The number of carboxylic acid groups (broad SMARTS) is 1. The van der Waals surface area contributed by atoms with Crippen LogP contribution in [0.25, 0.3) is 0 Å². The van der Waals surface area contributed by atoms with Gasteiger partial charge in [-0.3, -0.25) is 9.59 Å². The van der Waals surface area contributed by atoms with E-state index >= 15 is 0 Å². The van der Waals surface area contributed by atoms with Crippen molar-refractivity contribution in [3.8, 4) is 0 Å². The largest absolute Gasteiger partial charge is 0.481 e. The van der Waals surface area contributed by atoms with E-state index in [1.54, 1.807) is 0 Å². The van der Waals surface area contributed by atoms with E-state index in [1.807, 2.05) is 0 Å². The van der Waals surface area contributed by atoms with Gasteiger partial charge in [0.25, 0.3) is 0 Å². The fourth-order valence-corrected chi connectivity index (χ4v) is 4.01. The average molecular weight is 427 g/mol. The molecule has 0 amide bonds. The number of esters is 1. The standard InChI is InChI=1S/C26H50O4/c1-30-26(29)24-22-20-18-16-14-12-10-8-6-4-2-3-5-7-9-11-13-15-17-19-21-23-25(27)28/h2-24H2,1H3,(H,27,28). The molecule has 1 N–H and O–H groups in total. The summed E-state index contributed by atoms with van der Waals surface area (Å²) in [5.74, 6) is -0.736. The monoisotopic (exact) mass is 426 g/mol. The number of hydrogen-bond donors (Lipinski definition) is 1. The van der Waals surface area contributed by atoms with Gasteiger partial charge in [-0.15, -0.1) is 0 Å². The van der Waals surface area contributed by atoms with Gasteiger partial charge in [-0.25, -0.2) is 0 Å². The molecule has 0 bridgehead atoms. The summed E-state index contributed by atoms with van der Waals surface area (Å²) in [5.41, 5.74) is 0. The van der Waals surface area contributed by atoms with Gasteiger partial charge in [0, 0.05) is 12.8 Å². The first-order chi connectivity index (χ1) is 14.7. The summed E-state index contributed by atoms with van der Waals surface area (Å²) in [4.78, 5) is 21.4. The number of ether oxygens (including phenoxy) is 1. The van der Waals surface area contributed by atoms with Gasteiger partial charge < -0.3 is 9.84 Å². The Morgan fingerprint density at radius 1 is 0.467 bits per heavy atom. The zero-order valence-corrected chi connectivity index (χ0v) is 19.9. The minimum absolute atomic E-state index is 0.0756. The predicted molar refractivity (Wildman–Crippen MR) is 126 cm³/mol. The highest BCUT2D eigenvalue weighted by molar-refractivity contribution is 5.69. The van der Waals surface area contributed by atoms with E-state index in [4.69, 9.17) is 5.11 Å². The Kier molecular flexibility index (Phi) is 23.4. The van der Waals surface area contributed by atoms with Crippen LogP contribution < -0.4 is 0 Å². The highest BCUT2D eigenvalue weighted by Gasteiger charge is 1.99. The molecule has 0 aliphatic heterocycles. The van der Waals surface area contributed by atoms with Crippen molar-refractivity contribution in [2.24, 2.45) is 0 Å². The van der Waals surface area contributed by atoms with Gasteiger partial charge in [0.15, 0.2) is 0 Å². The molecule has 0 rings (SSSR count). The Morgan fingerprint density at radius 3 is 0.933 bits per heavy atom. The minimum atomic E-state index is -0.660. The van der Waals surface area contributed by atoms with Crippen LogP contribution in [0, 0.1) is 0 Å². The Balaban J connectivity index is 3.03. The van der Waals surface area contributed by atoms with Gasteiger partial charge in [0.1, 0.15) is 0 Å². The van der Waals surface area contributed by atoms with Gasteiger partial charge in [0.05, 0.1) is 7.11 Å². The number of methoxy groups -OCH3 is 1. The molecule has 0 aromatic carbocycles. The maximum atomic E-state index is 11.0. The zero-order valence-electron chi connectivity index (χ0n) is 19.9. The molecule has 0 heterocycles. The molecule has 0 unspecified atom stereocenters. The first-order valence-corrected chi connectivity index (χ1v) is 13.0. The molecule has 30 heavy (non-hydrogen) atoms. The third-order valence-electron chi connectivity index (χ3n) is 6.00. The third-order valence-corrected chi connectivity index (χ3v) is 6.00. The number of carbonyl (C=O) groups is 2. The van der Waals surface area contributed by atoms with Gasteiger partial charge in [-0.05, 0) is 12.8 Å². The molecule has 0 aromatic heterocycles. The zero-order chi connectivity index (χ0) is 22.1. The Bertz CT molecular complexity index is 381. The van der Waals surface area contributed by atoms with Crippen LogP contribution in [0.5, 0.6) is 0 Å². The fraction of sp³-hybridized carbons (Fsp3) is 0.923. The number of hydrogen-bond acceptors (Lipinski definition) is 3. The van der Waals surface area contributed by atoms with E-state index in [-0.39, 0.29) is 5.97 Å². The second kappa shape index (κ2) is 24.2. The van der Waals surface area contributed by atoms with E-state index < -0.39 is 5.97 Å². The first-order valence-electron chi connectivity index (χ1n) is 13.0. The van der Waals surface area contributed by atoms with Crippen molar-refractivity contribution in [3.63, 3.8) is 0 Å². The molecule has 0 aliphatic carbocycles. The second-order valence-corrected chi connectivity index (χ2v) is 8.89. The molecule has 0 spiro atoms. The molecule has 4 nitrogen and oxygen atoms in total. The van der Waals surface area contributed by atoms with Crippen LogP contribution in [-0.2, 0) is 14.3 Å². The van der Waals surface area contributed by atoms with Crippen molar-refractivity contribution in [2.75, 3.05) is 7.11 Å². The molecular formula is C26H50O4. The molecule has 0 saturated carbocycles. The SMILES string of the molecule is COC(=O)CCCCCCCCCCCCCCCCCCCCCCCC(=O)O. The normalized spacial score (nSPS) is 11.0. The number of rotatable bonds is 24. The molecule has 0 atom stereocenters. The van der Waals surface area contributed by atoms with Crippen molar-refractivity contribution in [3.05, 3.63) is 0 Å². The number of carboxylic acids is 1. The Morgan fingerprint density at radius 2 is 0.700 bits per heavy atom. The van der Waals surface area contributed by atoms with Crippen LogP contribution in [0.2, 0.25) is 0 Å². The van der Waals surface area contributed by atoms with Crippen molar-refractivity contribution in [1.82, 2.24) is 0 Å². The maximum Gasteiger partial charge on any atom is 0.305 e. The van der Waals surface area contributed by atoms with E-state index in [0.29, 0.717) is 12.8 Å². The van der Waals surface area contributed by atoms with Crippen molar-refractivity contribution in [2.45, 2.75) is 148 Å². The topological polar surface area (TPSA) is 63.6 Å². The number of carbonyl (C=O) groups excluding carboxylic acids is 1. The van der Waals surface area contributed by atoms with Crippen LogP contribution in [0.4, 0.5) is 0 Å². The average Bonchev–Trinajstić information content (AvgIpc) is 2.73. The highest BCUT2D eigenvalue weighted by atomic mass is 16.5. The van der Waals surface area contributed by atoms with Crippen LogP contribution in [0.1, 0.15) is 148 Å². The molecule has 0 fully saturated rings. The van der Waals surface area contributed by atoms with Crippen LogP contribution in [0.15, 0.2) is 0 Å². The molecular weight excluding hydrogens is 376 g/mol. The van der Waals surface area contributed by atoms with Crippen LogP contribution in [-0.4, -0.2) is 24.2 Å². The Hall–Kier alpha value is -1.06. The molecule has 0 aliphatic rings. The third kappa shape index (κ3) is 25.0. The summed E-state index contributed by atoms with van der Waals surface area (Å²) >= 11 is 0. The first kappa shape index (κ1) is 28.9. The maximum absolute atomic E-state index is 11.0. The van der Waals surface area contributed by atoms with Crippen molar-refractivity contribution >= 4 is 11.9 Å². The van der Waals surface area contributed by atoms with Gasteiger partial charge >= 0.3 is 11.9 Å². The highest BCUT2D eigenvalue weighted by Crippen LogP contribution is 2.15. The number of aliphatic carboxylic acids is 1. The van der Waals surface area contributed by atoms with E-state index in [9.17, 15) is 9.59 Å². The van der Waals surface area contributed by atoms with Crippen molar-refractivity contribution in [1.29, 1.82) is 0 Å². The molecule has 0 saturated heterocycles. The van der Waals surface area contributed by atoms with Crippen LogP contribution >= 0.6 is 0 Å². The fourth-order valence-electron chi connectivity index (χ4n) is 4.01. The van der Waals surface area contributed by atoms with Gasteiger partial charge in [-0.2, -0.15) is 0 Å². The van der Waals surface area contributed by atoms with E-state index in [0.717, 1.165) is 25.7 Å². The second-order valence-electron chi connectivity index (χ2n) is 8.89. The van der Waals surface area contributed by atoms with E-state index in [1.165, 1.54) is 116 Å². The smallest absolute Gasteiger partial charge is 0.305 e. The van der Waals surface area contributed by atoms with Crippen molar-refractivity contribution < 1.29 is 19.4 Å². The summed E-state index contributed by atoms with van der Waals surface area (Å²) < 4.78 is 4.65. The quantitative estimate of drug-likeness (QED) is 0.125. The summed E-state index contributed by atoms with van der Waals surface area (Å²) in [6, 6.07) is 0. The summed E-state index contributed by atoms with van der Waals surface area (Å²) in [7, 11) is 1.46. The summed E-state index contributed by atoms with van der Waals surface area (Å²) in [6.45, 7) is 0. The molecule has 178 valence electrons. The van der Waals surface area contributed by atoms with Gasteiger partial charge in [0.2, 0.25) is 0 Å². The van der Waals surface area contributed by atoms with E-state index in [2.05, 4.69) is 4.74 Å². The lowest BCUT2D eigenvalue weighted by Gasteiger charge is -2.04. The van der Waals surface area contributed by atoms with Crippen LogP contribution in [0.3, 0.4) is 0 Å². The summed E-state index contributed by atoms with van der Waals surface area (Å²) in [5, 5.41) is 8.59. The minimum Gasteiger partial charge on any atom is -0.481 e. The Labute approximate surface area is 186 Å². The lowest BCUT2D eigenvalue weighted by Crippen LogP contribution is -1.99. The lowest BCUT2D eigenvalue weighted by molar-refractivity contribution is -0.141. The summed E-state index contributed by atoms with van der Waals surface area (Å²) in [6.07, 6.45) is 28.0. The predicted octanol–water partition coefficient (Wildman–Crippen LogP) is 8.22. The number of unbranched alkanes of at least 4 members (excludes halogenated alkanes) is 20. The van der Waals surface area contributed by atoms with Gasteiger partial charge in [-0.1, -0.05) is 122 Å². The lowest BCUT2D eigenvalue weighted by atomic mass is 10.0.